The molecule has 1 spiro atoms. The summed E-state index contributed by atoms with van der Waals surface area (Å²) in [7, 11) is 0. The number of phenolic OH excluding ortho intramolecular Hbond substituents is 1. The zero-order valence-corrected chi connectivity index (χ0v) is 13.0. The van der Waals surface area contributed by atoms with Crippen LogP contribution >= 0.6 is 24.0 Å². The fourth-order valence-electron chi connectivity index (χ4n) is 2.44. The van der Waals surface area contributed by atoms with Gasteiger partial charge in [0.25, 0.3) is 11.3 Å². The third kappa shape index (κ3) is 1.89. The molecule has 0 aromatic heterocycles. The predicted octanol–water partition coefficient (Wildman–Crippen LogP) is 0.648. The van der Waals surface area contributed by atoms with E-state index in [2.05, 4.69) is 16.0 Å². The van der Waals surface area contributed by atoms with Gasteiger partial charge in [0.05, 0.1) is 11.3 Å². The minimum Gasteiger partial charge on any atom is -0.507 e. The molecule has 2 aliphatic rings. The van der Waals surface area contributed by atoms with E-state index in [1.807, 2.05) is 0 Å². The molecule has 2 unspecified atom stereocenters. The summed E-state index contributed by atoms with van der Waals surface area (Å²) in [5.74, 6) is 9.21. The van der Waals surface area contributed by atoms with Crippen molar-refractivity contribution in [3.8, 4) is 18.1 Å². The summed E-state index contributed by atoms with van der Waals surface area (Å²) in [4.78, 5) is 4.22. The smallest absolute Gasteiger partial charge is 0.339 e. The normalized spacial score (nSPS) is 26.5. The fraction of sp³-hybridized carbons (Fsp3) is 0.154. The number of para-hydroxylation sites is 1. The Morgan fingerprint density at radius 3 is 2.91 bits per heavy atom. The van der Waals surface area contributed by atoms with E-state index in [4.69, 9.17) is 30.2 Å². The lowest BCUT2D eigenvalue weighted by Crippen LogP contribution is -2.76. The lowest BCUT2D eigenvalue weighted by Gasteiger charge is -2.48. The van der Waals surface area contributed by atoms with Gasteiger partial charge in [-0.1, -0.05) is 29.8 Å². The van der Waals surface area contributed by atoms with Crippen molar-refractivity contribution in [3.63, 3.8) is 0 Å². The van der Waals surface area contributed by atoms with Crippen LogP contribution in [0.5, 0.6) is 5.75 Å². The highest BCUT2D eigenvalue weighted by molar-refractivity contribution is 8.14. The Balaban J connectivity index is 2.04. The Kier molecular flexibility index (Phi) is 3.54. The van der Waals surface area contributed by atoms with Gasteiger partial charge in [-0.25, -0.2) is 5.84 Å². The Labute approximate surface area is 136 Å². The van der Waals surface area contributed by atoms with Crippen LogP contribution in [0.1, 0.15) is 11.7 Å². The van der Waals surface area contributed by atoms with Gasteiger partial charge in [-0.3, -0.25) is 0 Å². The third-order valence-electron chi connectivity index (χ3n) is 3.43. The van der Waals surface area contributed by atoms with Crippen molar-refractivity contribution >= 4 is 40.2 Å². The Hall–Kier alpha value is -2.12. The first-order valence-electron chi connectivity index (χ1n) is 6.28. The van der Waals surface area contributed by atoms with Gasteiger partial charge in [0.1, 0.15) is 5.75 Å². The number of hydrogen-bond donors (Lipinski definition) is 3. The molecule has 7 nitrogen and oxygen atoms in total. The molecule has 9 heteroatoms. The zero-order chi connectivity index (χ0) is 15.9. The molecule has 1 fully saturated rings. The second-order valence-electron chi connectivity index (χ2n) is 4.65. The Bertz CT molecular complexity index is 755. The summed E-state index contributed by atoms with van der Waals surface area (Å²) in [6.07, 6.45) is 4.69. The second-order valence-corrected chi connectivity index (χ2v) is 5.96. The Morgan fingerprint density at radius 2 is 2.23 bits per heavy atom. The maximum absolute atomic E-state index is 10.1. The minimum absolute atomic E-state index is 0.0932. The highest BCUT2D eigenvalue weighted by Crippen LogP contribution is 2.46. The van der Waals surface area contributed by atoms with Gasteiger partial charge in [0.15, 0.2) is 0 Å². The van der Waals surface area contributed by atoms with Gasteiger partial charge < -0.3 is 10.8 Å². The number of terminal acetylenes is 1. The van der Waals surface area contributed by atoms with Crippen molar-refractivity contribution in [3.05, 3.63) is 29.8 Å². The molecule has 0 saturated carbocycles. The fourth-order valence-corrected chi connectivity index (χ4v) is 3.33. The topological polar surface area (TPSA) is 100 Å². The number of guanidine groups is 1. The molecule has 0 amide bonds. The van der Waals surface area contributed by atoms with Gasteiger partial charge in [0.2, 0.25) is 0 Å². The molecule has 0 aliphatic carbocycles. The maximum atomic E-state index is 10.1. The molecule has 1 aromatic carbocycles. The number of phenols is 1. The summed E-state index contributed by atoms with van der Waals surface area (Å²) >= 11 is 6.61. The third-order valence-corrected chi connectivity index (χ3v) is 4.66. The molecule has 5 N–H and O–H groups in total. The van der Waals surface area contributed by atoms with E-state index in [0.717, 1.165) is 0 Å². The molecular weight excluding hydrogens is 320 g/mol. The number of aromatic hydroxyl groups is 1. The van der Waals surface area contributed by atoms with Gasteiger partial charge in [-0.05, 0) is 21.8 Å². The highest BCUT2D eigenvalue weighted by Gasteiger charge is 2.66. The first kappa shape index (κ1) is 14.8. The summed E-state index contributed by atoms with van der Waals surface area (Å²) < 4.78 is -0.226. The lowest BCUT2D eigenvalue weighted by atomic mass is 10.1. The first-order chi connectivity index (χ1) is 10.5. The van der Waals surface area contributed by atoms with Crippen molar-refractivity contribution in [1.82, 2.24) is 5.01 Å². The molecular formula is C13H13N6OS2+. The average molecular weight is 333 g/mol. The SMILES string of the molecule is C#CCSC1=N[N+]2(C(=S)N(N)C2c2ccccc2O)C(N)=N1. The van der Waals surface area contributed by atoms with Gasteiger partial charge >= 0.3 is 11.1 Å². The van der Waals surface area contributed by atoms with E-state index in [-0.39, 0.29) is 16.3 Å². The van der Waals surface area contributed by atoms with Crippen molar-refractivity contribution in [2.45, 2.75) is 6.17 Å². The van der Waals surface area contributed by atoms with E-state index in [1.54, 1.807) is 24.3 Å². The number of benzene rings is 1. The van der Waals surface area contributed by atoms with E-state index in [9.17, 15) is 5.11 Å². The second kappa shape index (κ2) is 5.26. The lowest BCUT2D eigenvalue weighted by molar-refractivity contribution is -0.848. The summed E-state index contributed by atoms with van der Waals surface area (Å²) in [5, 5.41) is 16.7. The van der Waals surface area contributed by atoms with Crippen LogP contribution in [-0.2, 0) is 0 Å². The number of hydrazine groups is 1. The average Bonchev–Trinajstić information content (AvgIpc) is 2.86. The van der Waals surface area contributed by atoms with Crippen molar-refractivity contribution < 1.29 is 9.70 Å². The zero-order valence-electron chi connectivity index (χ0n) is 11.4. The molecule has 2 atom stereocenters. The van der Waals surface area contributed by atoms with Crippen LogP contribution < -0.4 is 11.6 Å². The molecule has 0 bridgehead atoms. The van der Waals surface area contributed by atoms with E-state index < -0.39 is 6.17 Å². The van der Waals surface area contributed by atoms with Crippen LogP contribution in [0.15, 0.2) is 34.4 Å². The van der Waals surface area contributed by atoms with Crippen LogP contribution in [0.2, 0.25) is 0 Å². The van der Waals surface area contributed by atoms with Crippen LogP contribution in [0.4, 0.5) is 0 Å². The van der Waals surface area contributed by atoms with Crippen molar-refractivity contribution in [1.29, 1.82) is 0 Å². The summed E-state index contributed by atoms with van der Waals surface area (Å²) in [6.45, 7) is 0. The van der Waals surface area contributed by atoms with Crippen LogP contribution in [0.3, 0.4) is 0 Å². The number of amidine groups is 1. The number of rotatable bonds is 2. The van der Waals surface area contributed by atoms with Gasteiger partial charge in [0, 0.05) is 12.2 Å². The monoisotopic (exact) mass is 333 g/mol. The molecule has 1 saturated heterocycles. The minimum atomic E-state index is -0.554. The number of thioether (sulfide) groups is 1. The van der Waals surface area contributed by atoms with E-state index in [0.29, 0.717) is 21.6 Å². The van der Waals surface area contributed by atoms with Crippen LogP contribution in [0.25, 0.3) is 0 Å². The molecule has 2 heterocycles. The van der Waals surface area contributed by atoms with E-state index >= 15 is 0 Å². The number of thiocarbonyl (C=S) groups is 1. The number of nitrogens with zero attached hydrogens (tertiary/aromatic N) is 4. The van der Waals surface area contributed by atoms with Crippen molar-refractivity contribution in [2.24, 2.45) is 21.7 Å². The van der Waals surface area contributed by atoms with Crippen molar-refractivity contribution in [2.75, 3.05) is 5.75 Å². The first-order valence-corrected chi connectivity index (χ1v) is 7.68. The maximum Gasteiger partial charge on any atom is 0.339 e. The molecule has 22 heavy (non-hydrogen) atoms. The number of aliphatic imine (C=N–C) groups is 1. The Morgan fingerprint density at radius 1 is 1.50 bits per heavy atom. The molecule has 2 aliphatic heterocycles. The molecule has 112 valence electrons. The highest BCUT2D eigenvalue weighted by atomic mass is 32.2. The number of hydrogen-bond acceptors (Lipinski definition) is 7. The molecule has 1 aromatic rings. The summed E-state index contributed by atoms with van der Waals surface area (Å²) in [5.41, 5.74) is 6.63. The predicted molar refractivity (Wildman–Crippen MR) is 90.1 cm³/mol. The quantitative estimate of drug-likeness (QED) is 0.318. The van der Waals surface area contributed by atoms with Gasteiger partial charge in [-0.2, -0.15) is 5.01 Å². The van der Waals surface area contributed by atoms with E-state index in [1.165, 1.54) is 16.8 Å². The number of nitrogens with two attached hydrogens (primary N) is 2. The number of quaternary nitrogens is 1. The summed E-state index contributed by atoms with van der Waals surface area (Å²) in [6, 6.07) is 6.83. The van der Waals surface area contributed by atoms with Crippen LogP contribution in [0, 0.1) is 12.3 Å². The molecule has 3 rings (SSSR count). The molecule has 0 radical (unpaired) electrons. The largest absolute Gasteiger partial charge is 0.507 e. The standard InChI is InChI=1S/C13H12N6OS2/c1-2-7-22-12-16-11(14)19(17-12)10(18(15)13(19)21)8-5-3-4-6-9(8)20/h1,3-6,10H,7,15H2,(H2-,14,16,17,20)/p+1. The van der Waals surface area contributed by atoms with Crippen LogP contribution in [-0.4, -0.2) is 36.7 Å². The van der Waals surface area contributed by atoms with Gasteiger partial charge in [-0.15, -0.1) is 11.4 Å².